The molecule has 1 aromatic heterocycles. The molecule has 3 heteroatoms. The number of rotatable bonds is 6. The Morgan fingerprint density at radius 1 is 0.500 bits per heavy atom. The lowest BCUT2D eigenvalue weighted by atomic mass is 9.81. The third kappa shape index (κ3) is 5.96. The van der Waals surface area contributed by atoms with E-state index in [9.17, 15) is 0 Å². The first-order valence-electron chi connectivity index (χ1n) is 22.0. The van der Waals surface area contributed by atoms with Crippen LogP contribution in [0.4, 0.5) is 0 Å². The molecule has 1 heterocycles. The van der Waals surface area contributed by atoms with Crippen molar-refractivity contribution in [1.82, 2.24) is 0 Å². The first-order valence-corrected chi connectivity index (χ1v) is 22.0. The highest BCUT2D eigenvalue weighted by atomic mass is 16.3. The standard InChI is InChI=1S/C61H42N2O/c1-61(2)53-34-29-41(37-52(53)58-44-19-7-6-15-38(44)28-35-54(58)61)43-32-33-49(47-22-11-10-21-46(43)47)48-31-27-39(42-18-8-9-20-45(42)48)30-36-55(63-60(62)40-16-4-3-5-17-40)50-24-14-26-57-59(50)51-23-12-13-25-56(51)64-57/h3-37,62H,1-2H3/b36-30+,62-60?,63-55?. The van der Waals surface area contributed by atoms with E-state index in [0.717, 1.165) is 44.0 Å². The van der Waals surface area contributed by atoms with E-state index in [1.807, 2.05) is 60.7 Å². The Balaban J connectivity index is 0.971. The van der Waals surface area contributed by atoms with Gasteiger partial charge < -0.3 is 4.42 Å². The van der Waals surface area contributed by atoms with Crippen LogP contribution in [0.1, 0.15) is 41.7 Å². The van der Waals surface area contributed by atoms with E-state index in [1.54, 1.807) is 0 Å². The van der Waals surface area contributed by atoms with Gasteiger partial charge in [0, 0.05) is 27.3 Å². The largest absolute Gasteiger partial charge is 0.456 e. The topological polar surface area (TPSA) is 49.4 Å². The summed E-state index contributed by atoms with van der Waals surface area (Å²) in [6, 6.07) is 71.0. The smallest absolute Gasteiger partial charge is 0.152 e. The first kappa shape index (κ1) is 37.6. The summed E-state index contributed by atoms with van der Waals surface area (Å²) in [6.45, 7) is 4.71. The van der Waals surface area contributed by atoms with Gasteiger partial charge in [0.15, 0.2) is 5.84 Å². The Hall–Kier alpha value is -8.14. The van der Waals surface area contributed by atoms with Crippen molar-refractivity contribution in [3.8, 4) is 33.4 Å². The van der Waals surface area contributed by atoms with Crippen LogP contribution >= 0.6 is 0 Å². The summed E-state index contributed by atoms with van der Waals surface area (Å²) in [5.41, 5.74) is 15.2. The summed E-state index contributed by atoms with van der Waals surface area (Å²) < 4.78 is 6.29. The molecule has 302 valence electrons. The second-order valence-electron chi connectivity index (χ2n) is 17.4. The number of amidine groups is 1. The van der Waals surface area contributed by atoms with Gasteiger partial charge in [0.1, 0.15) is 11.2 Å². The number of fused-ring (bicyclic) bond motifs is 10. The van der Waals surface area contributed by atoms with Gasteiger partial charge in [0.25, 0.3) is 0 Å². The van der Waals surface area contributed by atoms with Gasteiger partial charge in [-0.2, -0.15) is 0 Å². The van der Waals surface area contributed by atoms with Crippen LogP contribution in [0.3, 0.4) is 0 Å². The van der Waals surface area contributed by atoms with Crippen molar-refractivity contribution in [1.29, 1.82) is 5.41 Å². The van der Waals surface area contributed by atoms with Crippen LogP contribution in [0, 0.1) is 5.41 Å². The molecule has 0 fully saturated rings. The van der Waals surface area contributed by atoms with E-state index in [4.69, 9.17) is 14.8 Å². The highest BCUT2D eigenvalue weighted by Crippen LogP contribution is 2.52. The van der Waals surface area contributed by atoms with E-state index >= 15 is 0 Å². The third-order valence-electron chi connectivity index (χ3n) is 13.4. The zero-order valence-electron chi connectivity index (χ0n) is 35.6. The normalized spacial score (nSPS) is 13.4. The van der Waals surface area contributed by atoms with Crippen LogP contribution in [0.25, 0.3) is 93.7 Å². The average molecular weight is 819 g/mol. The second kappa shape index (κ2) is 14.8. The molecule has 1 N–H and O–H groups in total. The molecule has 1 aliphatic carbocycles. The van der Waals surface area contributed by atoms with Crippen LogP contribution in [0.5, 0.6) is 0 Å². The van der Waals surface area contributed by atoms with Gasteiger partial charge in [-0.3, -0.25) is 5.41 Å². The minimum Gasteiger partial charge on any atom is -0.456 e. The van der Waals surface area contributed by atoms with Crippen LogP contribution in [-0.4, -0.2) is 11.5 Å². The molecule has 10 aromatic carbocycles. The van der Waals surface area contributed by atoms with E-state index in [0.29, 0.717) is 5.71 Å². The summed E-state index contributed by atoms with van der Waals surface area (Å²) >= 11 is 0. The molecule has 0 unspecified atom stereocenters. The fourth-order valence-corrected chi connectivity index (χ4v) is 10.3. The Morgan fingerprint density at radius 3 is 1.91 bits per heavy atom. The minimum atomic E-state index is -0.0795. The molecular formula is C61H42N2O. The summed E-state index contributed by atoms with van der Waals surface area (Å²) in [4.78, 5) is 5.00. The average Bonchev–Trinajstić information content (AvgIpc) is 3.84. The summed E-state index contributed by atoms with van der Waals surface area (Å²) in [5, 5.41) is 18.4. The van der Waals surface area contributed by atoms with Gasteiger partial charge in [0.05, 0.1) is 5.71 Å². The SMILES string of the molecule is CC1(C)c2ccc(-c3ccc(-c4ccc(/C=C/C(=NC(=N)c5ccccc5)c5cccc6oc7ccccc7c56)c5ccccc45)c4ccccc34)cc2-c2c1ccc1ccccc21. The number of allylic oxidation sites excluding steroid dienone is 1. The van der Waals surface area contributed by atoms with E-state index < -0.39 is 0 Å². The zero-order chi connectivity index (χ0) is 42.9. The Morgan fingerprint density at radius 2 is 1.11 bits per heavy atom. The predicted molar refractivity (Wildman–Crippen MR) is 270 cm³/mol. The molecule has 0 radical (unpaired) electrons. The van der Waals surface area contributed by atoms with E-state index in [2.05, 4.69) is 166 Å². The molecule has 0 saturated heterocycles. The molecular weight excluding hydrogens is 777 g/mol. The third-order valence-corrected chi connectivity index (χ3v) is 13.4. The number of nitrogens with one attached hydrogen (secondary N) is 1. The molecule has 0 saturated carbocycles. The van der Waals surface area contributed by atoms with E-state index in [-0.39, 0.29) is 11.3 Å². The van der Waals surface area contributed by atoms with Gasteiger partial charge in [-0.05, 0) is 107 Å². The summed E-state index contributed by atoms with van der Waals surface area (Å²) in [5.74, 6) is 0.197. The van der Waals surface area contributed by atoms with E-state index in [1.165, 1.54) is 71.4 Å². The lowest BCUT2D eigenvalue weighted by Gasteiger charge is -2.22. The molecule has 0 amide bonds. The molecule has 3 nitrogen and oxygen atoms in total. The van der Waals surface area contributed by atoms with Gasteiger partial charge in [-0.25, -0.2) is 4.99 Å². The molecule has 1 aliphatic rings. The molecule has 11 aromatic rings. The van der Waals surface area contributed by atoms with Crippen molar-refractivity contribution in [3.05, 3.63) is 234 Å². The fourth-order valence-electron chi connectivity index (χ4n) is 10.3. The lowest BCUT2D eigenvalue weighted by molar-refractivity contribution is 0.661. The molecule has 12 rings (SSSR count). The van der Waals surface area contributed by atoms with Gasteiger partial charge in [0.2, 0.25) is 0 Å². The highest BCUT2D eigenvalue weighted by Gasteiger charge is 2.36. The maximum Gasteiger partial charge on any atom is 0.152 e. The summed E-state index contributed by atoms with van der Waals surface area (Å²) in [7, 11) is 0. The Bertz CT molecular complexity index is 3770. The van der Waals surface area contributed by atoms with Crippen molar-refractivity contribution in [2.24, 2.45) is 4.99 Å². The van der Waals surface area contributed by atoms with Gasteiger partial charge >= 0.3 is 0 Å². The number of nitrogens with zero attached hydrogens (tertiary/aromatic N) is 1. The zero-order valence-corrected chi connectivity index (χ0v) is 35.6. The quantitative estimate of drug-likeness (QED) is 0.132. The minimum absolute atomic E-state index is 0.0795. The van der Waals surface area contributed by atoms with Gasteiger partial charge in [-0.15, -0.1) is 0 Å². The monoisotopic (exact) mass is 818 g/mol. The molecule has 0 spiro atoms. The highest BCUT2D eigenvalue weighted by molar-refractivity contribution is 6.26. The number of hydrogen-bond donors (Lipinski definition) is 1. The Labute approximate surface area is 371 Å². The van der Waals surface area contributed by atoms with Crippen molar-refractivity contribution < 1.29 is 4.42 Å². The van der Waals surface area contributed by atoms with Crippen molar-refractivity contribution in [2.45, 2.75) is 19.3 Å². The fraction of sp³-hybridized carbons (Fsp3) is 0.0492. The number of aliphatic imine (C=N–C) groups is 1. The number of benzene rings is 10. The van der Waals surface area contributed by atoms with Crippen molar-refractivity contribution >= 4 is 71.9 Å². The maximum absolute atomic E-state index is 9.08. The number of hydrogen-bond acceptors (Lipinski definition) is 2. The lowest BCUT2D eigenvalue weighted by Crippen LogP contribution is -2.14. The van der Waals surface area contributed by atoms with Gasteiger partial charge in [-0.1, -0.05) is 202 Å². The first-order chi connectivity index (χ1) is 31.4. The van der Waals surface area contributed by atoms with Crippen LogP contribution in [0.15, 0.2) is 216 Å². The summed E-state index contributed by atoms with van der Waals surface area (Å²) in [6.07, 6.45) is 4.20. The van der Waals surface area contributed by atoms with Crippen molar-refractivity contribution in [3.63, 3.8) is 0 Å². The number of furan rings is 1. The van der Waals surface area contributed by atoms with Crippen LogP contribution in [0.2, 0.25) is 0 Å². The number of para-hydroxylation sites is 1. The second-order valence-corrected chi connectivity index (χ2v) is 17.4. The maximum atomic E-state index is 9.08. The molecule has 0 atom stereocenters. The molecule has 0 bridgehead atoms. The van der Waals surface area contributed by atoms with Crippen LogP contribution in [-0.2, 0) is 5.41 Å². The van der Waals surface area contributed by atoms with Crippen molar-refractivity contribution in [2.75, 3.05) is 0 Å². The molecule has 0 aliphatic heterocycles. The Kier molecular flexibility index (Phi) is 8.67. The molecule has 64 heavy (non-hydrogen) atoms. The van der Waals surface area contributed by atoms with Crippen LogP contribution < -0.4 is 0 Å². The predicted octanol–water partition coefficient (Wildman–Crippen LogP) is 16.2.